The number of piperazine rings is 1. The lowest BCUT2D eigenvalue weighted by molar-refractivity contribution is 0.128. The quantitative estimate of drug-likeness (QED) is 0.876. The first-order chi connectivity index (χ1) is 8.83. The Hall–Kier alpha value is -0.860. The second-order valence-corrected chi connectivity index (χ2v) is 5.95. The van der Waals surface area contributed by atoms with Crippen LogP contribution in [0.1, 0.15) is 37.8 Å². The van der Waals surface area contributed by atoms with Gasteiger partial charge in [-0.25, -0.2) is 0 Å². The second kappa shape index (κ2) is 5.02. The van der Waals surface area contributed by atoms with Gasteiger partial charge in [0, 0.05) is 32.2 Å². The van der Waals surface area contributed by atoms with Gasteiger partial charge in [-0.15, -0.1) is 0 Å². The highest BCUT2D eigenvalue weighted by atomic mass is 15.2. The van der Waals surface area contributed by atoms with E-state index in [-0.39, 0.29) is 0 Å². The molecular formula is C16H24N2. The highest BCUT2D eigenvalue weighted by Gasteiger charge is 2.43. The summed E-state index contributed by atoms with van der Waals surface area (Å²) in [6, 6.07) is 11.6. The summed E-state index contributed by atoms with van der Waals surface area (Å²) in [5.41, 5.74) is 2.13. The molecule has 1 saturated carbocycles. The van der Waals surface area contributed by atoms with E-state index in [2.05, 4.69) is 47.5 Å². The van der Waals surface area contributed by atoms with Crippen molar-refractivity contribution in [3.8, 4) is 0 Å². The van der Waals surface area contributed by atoms with E-state index in [0.717, 1.165) is 13.1 Å². The molecule has 3 rings (SSSR count). The number of hydrogen-bond acceptors (Lipinski definition) is 2. The normalized spacial score (nSPS) is 27.1. The Bertz CT molecular complexity index is 383. The zero-order valence-electron chi connectivity index (χ0n) is 11.4. The number of nitrogens with one attached hydrogen (secondary N) is 1. The average Bonchev–Trinajstić information content (AvgIpc) is 3.21. The number of benzene rings is 1. The van der Waals surface area contributed by atoms with Crippen LogP contribution in [0.15, 0.2) is 30.3 Å². The minimum Gasteiger partial charge on any atom is -0.314 e. The van der Waals surface area contributed by atoms with Crippen LogP contribution in [0.3, 0.4) is 0 Å². The van der Waals surface area contributed by atoms with Gasteiger partial charge in [0.1, 0.15) is 0 Å². The van der Waals surface area contributed by atoms with Crippen LogP contribution in [0.25, 0.3) is 0 Å². The summed E-state index contributed by atoms with van der Waals surface area (Å²) in [5.74, 6) is 0. The van der Waals surface area contributed by atoms with Crippen molar-refractivity contribution < 1.29 is 0 Å². The fraction of sp³-hybridized carbons (Fsp3) is 0.625. The van der Waals surface area contributed by atoms with E-state index in [1.807, 2.05) is 0 Å². The summed E-state index contributed by atoms with van der Waals surface area (Å²) in [6.07, 6.45) is 4.22. The molecule has 1 aromatic rings. The molecular weight excluding hydrogens is 220 g/mol. The van der Waals surface area contributed by atoms with Crippen molar-refractivity contribution in [1.29, 1.82) is 0 Å². The predicted octanol–water partition coefficient (Wildman–Crippen LogP) is 2.82. The molecule has 0 spiro atoms. The zero-order valence-corrected chi connectivity index (χ0v) is 11.4. The largest absolute Gasteiger partial charge is 0.314 e. The maximum Gasteiger partial charge on any atom is 0.0473 e. The smallest absolute Gasteiger partial charge is 0.0473 e. The monoisotopic (exact) mass is 244 g/mol. The minimum absolute atomic E-state index is 0.573. The van der Waals surface area contributed by atoms with Crippen LogP contribution in [0.2, 0.25) is 0 Å². The lowest BCUT2D eigenvalue weighted by Crippen LogP contribution is -2.47. The molecule has 1 aliphatic heterocycles. The third kappa shape index (κ3) is 2.45. The molecule has 2 heteroatoms. The van der Waals surface area contributed by atoms with Crippen molar-refractivity contribution in [1.82, 2.24) is 10.2 Å². The SMILES string of the molecule is CCC1(CN2CCNCC2c2ccccc2)CC1. The van der Waals surface area contributed by atoms with Gasteiger partial charge in [-0.05, 0) is 30.2 Å². The van der Waals surface area contributed by atoms with Gasteiger partial charge in [0.15, 0.2) is 0 Å². The van der Waals surface area contributed by atoms with Crippen molar-refractivity contribution in [3.05, 3.63) is 35.9 Å². The van der Waals surface area contributed by atoms with Gasteiger partial charge >= 0.3 is 0 Å². The van der Waals surface area contributed by atoms with E-state index in [1.165, 1.54) is 37.9 Å². The molecule has 0 bridgehead atoms. The fourth-order valence-electron chi connectivity index (χ4n) is 3.17. The first-order valence-corrected chi connectivity index (χ1v) is 7.33. The summed E-state index contributed by atoms with van der Waals surface area (Å²) >= 11 is 0. The molecule has 2 fully saturated rings. The maximum absolute atomic E-state index is 3.55. The third-order valence-electron chi connectivity index (χ3n) is 4.78. The van der Waals surface area contributed by atoms with Gasteiger partial charge in [-0.2, -0.15) is 0 Å². The summed E-state index contributed by atoms with van der Waals surface area (Å²) in [6.45, 7) is 7.09. The molecule has 1 unspecified atom stereocenters. The first-order valence-electron chi connectivity index (χ1n) is 7.33. The molecule has 18 heavy (non-hydrogen) atoms. The number of hydrogen-bond donors (Lipinski definition) is 1. The number of nitrogens with zero attached hydrogens (tertiary/aromatic N) is 1. The standard InChI is InChI=1S/C16H24N2/c1-2-16(8-9-16)13-18-11-10-17-12-15(18)14-6-4-3-5-7-14/h3-7,15,17H,2,8-13H2,1H3. The van der Waals surface area contributed by atoms with Gasteiger partial charge in [-0.1, -0.05) is 37.3 Å². The highest BCUT2D eigenvalue weighted by molar-refractivity contribution is 5.20. The van der Waals surface area contributed by atoms with Crippen LogP contribution >= 0.6 is 0 Å². The van der Waals surface area contributed by atoms with Crippen LogP contribution in [0, 0.1) is 5.41 Å². The summed E-state index contributed by atoms with van der Waals surface area (Å²) in [4.78, 5) is 2.71. The summed E-state index contributed by atoms with van der Waals surface area (Å²) in [7, 11) is 0. The van der Waals surface area contributed by atoms with E-state index >= 15 is 0 Å². The van der Waals surface area contributed by atoms with Crippen molar-refractivity contribution in [2.45, 2.75) is 32.2 Å². The Morgan fingerprint density at radius 1 is 1.28 bits per heavy atom. The molecule has 2 aliphatic rings. The molecule has 2 nitrogen and oxygen atoms in total. The molecule has 98 valence electrons. The van der Waals surface area contributed by atoms with Crippen molar-refractivity contribution in [2.24, 2.45) is 5.41 Å². The topological polar surface area (TPSA) is 15.3 Å². The second-order valence-electron chi connectivity index (χ2n) is 5.95. The molecule has 1 aromatic carbocycles. The Morgan fingerprint density at radius 3 is 2.72 bits per heavy atom. The van der Waals surface area contributed by atoms with Crippen LogP contribution in [-0.4, -0.2) is 31.1 Å². The lowest BCUT2D eigenvalue weighted by Gasteiger charge is -2.38. The molecule has 1 N–H and O–H groups in total. The minimum atomic E-state index is 0.573. The predicted molar refractivity (Wildman–Crippen MR) is 75.6 cm³/mol. The first kappa shape index (κ1) is 12.2. The van der Waals surface area contributed by atoms with Gasteiger partial charge in [0.25, 0.3) is 0 Å². The molecule has 0 amide bonds. The molecule has 1 saturated heterocycles. The van der Waals surface area contributed by atoms with E-state index in [1.54, 1.807) is 0 Å². The van der Waals surface area contributed by atoms with E-state index in [0.29, 0.717) is 11.5 Å². The van der Waals surface area contributed by atoms with Crippen LogP contribution in [-0.2, 0) is 0 Å². The van der Waals surface area contributed by atoms with E-state index < -0.39 is 0 Å². The van der Waals surface area contributed by atoms with E-state index in [9.17, 15) is 0 Å². The Balaban J connectivity index is 1.74. The lowest BCUT2D eigenvalue weighted by atomic mass is 9.98. The molecule has 1 aliphatic carbocycles. The number of rotatable bonds is 4. The molecule has 0 radical (unpaired) electrons. The van der Waals surface area contributed by atoms with Crippen LogP contribution < -0.4 is 5.32 Å². The summed E-state index contributed by atoms with van der Waals surface area (Å²) in [5, 5.41) is 3.55. The zero-order chi connectivity index (χ0) is 12.4. The molecule has 0 aromatic heterocycles. The van der Waals surface area contributed by atoms with Crippen molar-refractivity contribution in [3.63, 3.8) is 0 Å². The Labute approximate surface area is 110 Å². The van der Waals surface area contributed by atoms with Crippen LogP contribution in [0.5, 0.6) is 0 Å². The Kier molecular flexibility index (Phi) is 3.40. The maximum atomic E-state index is 3.55. The molecule has 1 atom stereocenters. The van der Waals surface area contributed by atoms with Gasteiger partial charge < -0.3 is 5.32 Å². The van der Waals surface area contributed by atoms with Crippen molar-refractivity contribution in [2.75, 3.05) is 26.2 Å². The third-order valence-corrected chi connectivity index (χ3v) is 4.78. The van der Waals surface area contributed by atoms with Gasteiger partial charge in [0.05, 0.1) is 0 Å². The van der Waals surface area contributed by atoms with E-state index in [4.69, 9.17) is 0 Å². The Morgan fingerprint density at radius 2 is 2.06 bits per heavy atom. The fourth-order valence-corrected chi connectivity index (χ4v) is 3.17. The average molecular weight is 244 g/mol. The van der Waals surface area contributed by atoms with Crippen LogP contribution in [0.4, 0.5) is 0 Å². The van der Waals surface area contributed by atoms with Crippen molar-refractivity contribution >= 4 is 0 Å². The van der Waals surface area contributed by atoms with Gasteiger partial charge in [-0.3, -0.25) is 4.90 Å². The highest BCUT2D eigenvalue weighted by Crippen LogP contribution is 2.50. The molecule has 1 heterocycles. The van der Waals surface area contributed by atoms with Gasteiger partial charge in [0.2, 0.25) is 0 Å². The summed E-state index contributed by atoms with van der Waals surface area (Å²) < 4.78 is 0.